The summed E-state index contributed by atoms with van der Waals surface area (Å²) in [4.78, 5) is 0. The number of nitrogens with two attached hydrogens (primary N) is 1. The Bertz CT molecular complexity index is 274. The molecule has 0 aliphatic heterocycles. The summed E-state index contributed by atoms with van der Waals surface area (Å²) in [6.45, 7) is 4.06. The van der Waals surface area contributed by atoms with Gasteiger partial charge in [-0.05, 0) is 30.5 Å². The Kier molecular flexibility index (Phi) is 5.38. The summed E-state index contributed by atoms with van der Waals surface area (Å²) >= 11 is 5.96. The minimum atomic E-state index is 0. The molecule has 0 aromatic heterocycles. The number of hydrogen-bond donors (Lipinski definition) is 1. The third kappa shape index (κ3) is 3.18. The molecule has 1 aromatic rings. The predicted molar refractivity (Wildman–Crippen MR) is 60.7 cm³/mol. The van der Waals surface area contributed by atoms with E-state index in [1.807, 2.05) is 25.1 Å². The number of benzene rings is 1. The van der Waals surface area contributed by atoms with E-state index in [1.165, 1.54) is 0 Å². The van der Waals surface area contributed by atoms with E-state index in [0.717, 1.165) is 22.6 Å². The van der Waals surface area contributed by atoms with Crippen molar-refractivity contribution in [3.8, 4) is 0 Å². The Hall–Kier alpha value is -0.240. The van der Waals surface area contributed by atoms with E-state index in [4.69, 9.17) is 17.3 Å². The van der Waals surface area contributed by atoms with Gasteiger partial charge in [-0.25, -0.2) is 0 Å². The Morgan fingerprint density at radius 3 is 2.54 bits per heavy atom. The molecule has 0 saturated heterocycles. The van der Waals surface area contributed by atoms with Crippen molar-refractivity contribution in [1.82, 2.24) is 0 Å². The van der Waals surface area contributed by atoms with Crippen LogP contribution in [0.4, 0.5) is 0 Å². The number of halogens is 2. The fourth-order valence-corrected chi connectivity index (χ4v) is 1.26. The van der Waals surface area contributed by atoms with E-state index in [0.29, 0.717) is 0 Å². The molecule has 0 heterocycles. The van der Waals surface area contributed by atoms with Gasteiger partial charge in [-0.1, -0.05) is 30.7 Å². The first-order chi connectivity index (χ1) is 5.65. The summed E-state index contributed by atoms with van der Waals surface area (Å²) < 4.78 is 0. The van der Waals surface area contributed by atoms with Crippen molar-refractivity contribution in [1.29, 1.82) is 0 Å². The molecule has 13 heavy (non-hydrogen) atoms. The van der Waals surface area contributed by atoms with E-state index < -0.39 is 0 Å². The van der Waals surface area contributed by atoms with Crippen molar-refractivity contribution in [2.75, 3.05) is 0 Å². The van der Waals surface area contributed by atoms with Gasteiger partial charge >= 0.3 is 0 Å². The molecule has 0 spiro atoms. The zero-order valence-corrected chi connectivity index (χ0v) is 9.45. The van der Waals surface area contributed by atoms with Crippen LogP contribution >= 0.6 is 24.0 Å². The van der Waals surface area contributed by atoms with Crippen LogP contribution in [0.1, 0.15) is 30.5 Å². The van der Waals surface area contributed by atoms with Gasteiger partial charge in [0.1, 0.15) is 0 Å². The largest absolute Gasteiger partial charge is 0.324 e. The lowest BCUT2D eigenvalue weighted by atomic mass is 10.0. The van der Waals surface area contributed by atoms with Gasteiger partial charge in [0.15, 0.2) is 0 Å². The highest BCUT2D eigenvalue weighted by molar-refractivity contribution is 6.31. The van der Waals surface area contributed by atoms with Crippen LogP contribution in [0.5, 0.6) is 0 Å². The Labute approximate surface area is 90.7 Å². The molecule has 0 bridgehead atoms. The lowest BCUT2D eigenvalue weighted by Crippen LogP contribution is -2.08. The summed E-state index contributed by atoms with van der Waals surface area (Å²) in [5.41, 5.74) is 8.07. The molecule has 2 N–H and O–H groups in total. The lowest BCUT2D eigenvalue weighted by molar-refractivity contribution is 0.698. The van der Waals surface area contributed by atoms with Gasteiger partial charge in [0.05, 0.1) is 0 Å². The summed E-state index contributed by atoms with van der Waals surface area (Å²) in [6.07, 6.45) is 0.944. The van der Waals surface area contributed by atoms with Crippen LogP contribution in [-0.4, -0.2) is 0 Å². The highest BCUT2D eigenvalue weighted by atomic mass is 35.5. The van der Waals surface area contributed by atoms with E-state index in [2.05, 4.69) is 6.92 Å². The van der Waals surface area contributed by atoms with E-state index in [9.17, 15) is 0 Å². The summed E-state index contributed by atoms with van der Waals surface area (Å²) in [5.74, 6) is 0. The molecule has 1 aromatic carbocycles. The van der Waals surface area contributed by atoms with E-state index in [1.54, 1.807) is 0 Å². The lowest BCUT2D eigenvalue weighted by Gasteiger charge is -2.09. The predicted octanol–water partition coefficient (Wildman–Crippen LogP) is 3.48. The van der Waals surface area contributed by atoms with Gasteiger partial charge in [0.2, 0.25) is 0 Å². The Morgan fingerprint density at radius 1 is 1.46 bits per heavy atom. The second kappa shape index (κ2) is 5.48. The van der Waals surface area contributed by atoms with Gasteiger partial charge in [0, 0.05) is 11.1 Å². The van der Waals surface area contributed by atoms with Gasteiger partial charge in [-0.15, -0.1) is 12.4 Å². The highest BCUT2D eigenvalue weighted by Crippen LogP contribution is 2.21. The molecule has 1 nitrogen and oxygen atoms in total. The van der Waals surface area contributed by atoms with Crippen LogP contribution < -0.4 is 5.73 Å². The maximum atomic E-state index is 5.96. The van der Waals surface area contributed by atoms with E-state index in [-0.39, 0.29) is 18.4 Å². The van der Waals surface area contributed by atoms with Crippen LogP contribution in [0, 0.1) is 6.92 Å². The molecule has 0 aliphatic carbocycles. The molecule has 0 saturated carbocycles. The third-order valence-electron chi connectivity index (χ3n) is 2.06. The highest BCUT2D eigenvalue weighted by Gasteiger charge is 2.04. The average Bonchev–Trinajstić information content (AvgIpc) is 2.08. The first-order valence-corrected chi connectivity index (χ1v) is 4.54. The molecule has 0 fully saturated rings. The maximum absolute atomic E-state index is 5.96. The minimum absolute atomic E-state index is 0. The van der Waals surface area contributed by atoms with E-state index >= 15 is 0 Å². The normalized spacial score (nSPS) is 12.0. The first-order valence-electron chi connectivity index (χ1n) is 4.16. The zero-order valence-electron chi connectivity index (χ0n) is 7.88. The molecule has 0 unspecified atom stereocenters. The van der Waals surface area contributed by atoms with Crippen LogP contribution in [0.2, 0.25) is 5.02 Å². The maximum Gasteiger partial charge on any atom is 0.0438 e. The van der Waals surface area contributed by atoms with Crippen LogP contribution in [0.25, 0.3) is 0 Å². The van der Waals surface area contributed by atoms with Gasteiger partial charge in [0.25, 0.3) is 0 Å². The molecular weight excluding hydrogens is 205 g/mol. The molecule has 1 rings (SSSR count). The van der Waals surface area contributed by atoms with Gasteiger partial charge in [-0.3, -0.25) is 0 Å². The van der Waals surface area contributed by atoms with Crippen molar-refractivity contribution in [2.45, 2.75) is 26.3 Å². The quantitative estimate of drug-likeness (QED) is 0.811. The van der Waals surface area contributed by atoms with Crippen LogP contribution in [-0.2, 0) is 0 Å². The van der Waals surface area contributed by atoms with Gasteiger partial charge < -0.3 is 5.73 Å². The number of rotatable bonds is 2. The molecule has 0 aliphatic rings. The smallest absolute Gasteiger partial charge is 0.0438 e. The van der Waals surface area contributed by atoms with Gasteiger partial charge in [-0.2, -0.15) is 0 Å². The summed E-state index contributed by atoms with van der Waals surface area (Å²) in [7, 11) is 0. The van der Waals surface area contributed by atoms with Crippen LogP contribution in [0.15, 0.2) is 18.2 Å². The molecule has 3 heteroatoms. The second-order valence-electron chi connectivity index (χ2n) is 3.02. The molecule has 0 amide bonds. The van der Waals surface area contributed by atoms with Crippen molar-refractivity contribution in [2.24, 2.45) is 5.73 Å². The molecular formula is C10H15Cl2N. The Morgan fingerprint density at radius 2 is 2.08 bits per heavy atom. The van der Waals surface area contributed by atoms with Crippen molar-refractivity contribution in [3.63, 3.8) is 0 Å². The van der Waals surface area contributed by atoms with Crippen LogP contribution in [0.3, 0.4) is 0 Å². The number of hydrogen-bond acceptors (Lipinski definition) is 1. The third-order valence-corrected chi connectivity index (χ3v) is 2.47. The monoisotopic (exact) mass is 219 g/mol. The minimum Gasteiger partial charge on any atom is -0.324 e. The fraction of sp³-hybridized carbons (Fsp3) is 0.400. The zero-order chi connectivity index (χ0) is 9.14. The van der Waals surface area contributed by atoms with Crippen molar-refractivity contribution in [3.05, 3.63) is 34.3 Å². The molecule has 74 valence electrons. The SMILES string of the molecule is CC[C@@H](N)c1ccc(C)c(Cl)c1.Cl. The Balaban J connectivity index is 0.00000144. The molecule has 0 radical (unpaired) electrons. The second-order valence-corrected chi connectivity index (χ2v) is 3.43. The fourth-order valence-electron chi connectivity index (χ4n) is 1.08. The van der Waals surface area contributed by atoms with Crippen molar-refractivity contribution < 1.29 is 0 Å². The summed E-state index contributed by atoms with van der Waals surface area (Å²) in [5, 5.41) is 0.802. The molecule has 1 atom stereocenters. The number of aryl methyl sites for hydroxylation is 1. The topological polar surface area (TPSA) is 26.0 Å². The van der Waals surface area contributed by atoms with Crippen molar-refractivity contribution >= 4 is 24.0 Å². The summed E-state index contributed by atoms with van der Waals surface area (Å²) in [6, 6.07) is 6.11. The average molecular weight is 220 g/mol. The standard InChI is InChI=1S/C10H14ClN.ClH/c1-3-10(12)8-5-4-7(2)9(11)6-8;/h4-6,10H,3,12H2,1-2H3;1H/t10-;/m1./s1. The first kappa shape index (κ1) is 12.8.